The number of carbonyl (C=O) groups excluding carboxylic acids is 2. The summed E-state index contributed by atoms with van der Waals surface area (Å²) in [5, 5.41) is 8.79. The van der Waals surface area contributed by atoms with E-state index in [2.05, 4.69) is 6.58 Å². The fourth-order valence-corrected chi connectivity index (χ4v) is 2.14. The van der Waals surface area contributed by atoms with Gasteiger partial charge in [-0.3, -0.25) is 14.5 Å². The van der Waals surface area contributed by atoms with Crippen LogP contribution in [0, 0.1) is 0 Å². The SMILES string of the molecule is C=C(CC(C)N1C(=O)c2ccccc2C1=O)C(=O)O. The molecule has 0 aromatic heterocycles. The first-order valence-electron chi connectivity index (χ1n) is 5.81. The Morgan fingerprint density at radius 3 is 2.16 bits per heavy atom. The van der Waals surface area contributed by atoms with E-state index in [1.54, 1.807) is 31.2 Å². The predicted octanol–water partition coefficient (Wildman–Crippen LogP) is 1.70. The van der Waals surface area contributed by atoms with Crippen molar-refractivity contribution in [2.75, 3.05) is 0 Å². The number of hydrogen-bond donors (Lipinski definition) is 1. The molecule has 1 unspecified atom stereocenters. The first-order valence-corrected chi connectivity index (χ1v) is 5.81. The van der Waals surface area contributed by atoms with Gasteiger partial charge in [0.15, 0.2) is 0 Å². The van der Waals surface area contributed by atoms with E-state index in [9.17, 15) is 14.4 Å². The molecule has 0 saturated carbocycles. The smallest absolute Gasteiger partial charge is 0.331 e. The van der Waals surface area contributed by atoms with Gasteiger partial charge in [0, 0.05) is 11.6 Å². The number of aliphatic carboxylic acids is 1. The average Bonchev–Trinajstić information content (AvgIpc) is 2.62. The van der Waals surface area contributed by atoms with Gasteiger partial charge < -0.3 is 5.11 Å². The molecule has 1 aromatic carbocycles. The van der Waals surface area contributed by atoms with Crippen molar-refractivity contribution in [2.45, 2.75) is 19.4 Å². The summed E-state index contributed by atoms with van der Waals surface area (Å²) in [5.41, 5.74) is 0.699. The Kier molecular flexibility index (Phi) is 3.21. The molecule has 0 radical (unpaired) electrons. The topological polar surface area (TPSA) is 74.7 Å². The Balaban J connectivity index is 2.24. The van der Waals surface area contributed by atoms with Gasteiger partial charge in [-0.05, 0) is 25.5 Å². The van der Waals surface area contributed by atoms with Crippen LogP contribution in [0.1, 0.15) is 34.1 Å². The Hall–Kier alpha value is -2.43. The molecule has 0 bridgehead atoms. The number of carboxylic acid groups (broad SMARTS) is 1. The van der Waals surface area contributed by atoms with Crippen molar-refractivity contribution < 1.29 is 19.5 Å². The first kappa shape index (κ1) is 13.0. The Bertz CT molecular complexity index is 556. The quantitative estimate of drug-likeness (QED) is 0.659. The highest BCUT2D eigenvalue weighted by Crippen LogP contribution is 2.26. The minimum absolute atomic E-state index is 0.0240. The third-order valence-corrected chi connectivity index (χ3v) is 3.11. The van der Waals surface area contributed by atoms with E-state index in [1.165, 1.54) is 0 Å². The molecule has 1 aliphatic heterocycles. The minimum atomic E-state index is -1.12. The zero-order valence-corrected chi connectivity index (χ0v) is 10.4. The maximum Gasteiger partial charge on any atom is 0.331 e. The van der Waals surface area contributed by atoms with Gasteiger partial charge in [0.2, 0.25) is 0 Å². The molecule has 0 aliphatic carbocycles. The number of amides is 2. The highest BCUT2D eigenvalue weighted by Gasteiger charge is 2.38. The normalized spacial score (nSPS) is 15.3. The third-order valence-electron chi connectivity index (χ3n) is 3.11. The van der Waals surface area contributed by atoms with Crippen LogP contribution < -0.4 is 0 Å². The van der Waals surface area contributed by atoms with Crippen LogP contribution in [0.3, 0.4) is 0 Å². The standard InChI is InChI=1S/C14H13NO4/c1-8(14(18)19)7-9(2)15-12(16)10-5-3-4-6-11(10)13(15)17/h3-6,9H,1,7H2,2H3,(H,18,19). The number of carboxylic acids is 1. The minimum Gasteiger partial charge on any atom is -0.478 e. The van der Waals surface area contributed by atoms with Crippen molar-refractivity contribution in [1.29, 1.82) is 0 Å². The van der Waals surface area contributed by atoms with E-state index in [0.29, 0.717) is 11.1 Å². The molecular formula is C14H13NO4. The number of nitrogens with zero attached hydrogens (tertiary/aromatic N) is 1. The number of benzene rings is 1. The Morgan fingerprint density at radius 2 is 1.74 bits per heavy atom. The molecule has 1 heterocycles. The number of fused-ring (bicyclic) bond motifs is 1. The van der Waals surface area contributed by atoms with Crippen molar-refractivity contribution >= 4 is 17.8 Å². The summed E-state index contributed by atoms with van der Waals surface area (Å²) in [6.45, 7) is 5.05. The molecule has 1 aromatic rings. The van der Waals surface area contributed by atoms with Gasteiger partial charge in [-0.2, -0.15) is 0 Å². The summed E-state index contributed by atoms with van der Waals surface area (Å²) < 4.78 is 0. The maximum atomic E-state index is 12.1. The fraction of sp³-hybridized carbons (Fsp3) is 0.214. The van der Waals surface area contributed by atoms with E-state index in [1.807, 2.05) is 0 Å². The highest BCUT2D eigenvalue weighted by molar-refractivity contribution is 6.21. The van der Waals surface area contributed by atoms with Crippen LogP contribution in [0.2, 0.25) is 0 Å². The van der Waals surface area contributed by atoms with Crippen LogP contribution in [0.5, 0.6) is 0 Å². The van der Waals surface area contributed by atoms with E-state index >= 15 is 0 Å². The molecule has 2 rings (SSSR count). The lowest BCUT2D eigenvalue weighted by atomic mass is 10.1. The summed E-state index contributed by atoms with van der Waals surface area (Å²) in [6, 6.07) is 6.03. The van der Waals surface area contributed by atoms with Gasteiger partial charge in [-0.1, -0.05) is 18.7 Å². The number of rotatable bonds is 4. The fourth-order valence-electron chi connectivity index (χ4n) is 2.14. The predicted molar refractivity (Wildman–Crippen MR) is 67.8 cm³/mol. The molecule has 0 saturated heterocycles. The summed E-state index contributed by atoms with van der Waals surface area (Å²) in [4.78, 5) is 36.1. The van der Waals surface area contributed by atoms with Gasteiger partial charge in [0.1, 0.15) is 0 Å². The second-order valence-electron chi connectivity index (χ2n) is 4.49. The largest absolute Gasteiger partial charge is 0.478 e. The molecule has 5 nitrogen and oxygen atoms in total. The second kappa shape index (κ2) is 4.68. The van der Waals surface area contributed by atoms with Crippen molar-refractivity contribution in [3.05, 3.63) is 47.5 Å². The summed E-state index contributed by atoms with van der Waals surface area (Å²) >= 11 is 0. The lowest BCUT2D eigenvalue weighted by Crippen LogP contribution is -2.38. The van der Waals surface area contributed by atoms with Gasteiger partial charge in [0.25, 0.3) is 11.8 Å². The van der Waals surface area contributed by atoms with E-state index < -0.39 is 12.0 Å². The second-order valence-corrected chi connectivity index (χ2v) is 4.49. The lowest BCUT2D eigenvalue weighted by molar-refractivity contribution is -0.132. The van der Waals surface area contributed by atoms with Crippen molar-refractivity contribution in [2.24, 2.45) is 0 Å². The first-order chi connectivity index (χ1) is 8.93. The van der Waals surface area contributed by atoms with Crippen LogP contribution in [-0.2, 0) is 4.79 Å². The Morgan fingerprint density at radius 1 is 1.26 bits per heavy atom. The summed E-state index contributed by atoms with van der Waals surface area (Å²) in [5.74, 6) is -1.89. The number of carbonyl (C=O) groups is 3. The molecule has 0 spiro atoms. The van der Waals surface area contributed by atoms with E-state index in [4.69, 9.17) is 5.11 Å². The summed E-state index contributed by atoms with van der Waals surface area (Å²) in [7, 11) is 0. The highest BCUT2D eigenvalue weighted by atomic mass is 16.4. The van der Waals surface area contributed by atoms with E-state index in [-0.39, 0.29) is 23.8 Å². The van der Waals surface area contributed by atoms with Crippen molar-refractivity contribution in [1.82, 2.24) is 4.90 Å². The van der Waals surface area contributed by atoms with Gasteiger partial charge in [-0.25, -0.2) is 4.79 Å². The molecule has 0 fully saturated rings. The molecule has 1 aliphatic rings. The zero-order chi connectivity index (χ0) is 14.2. The van der Waals surface area contributed by atoms with E-state index in [0.717, 1.165) is 4.90 Å². The molecule has 5 heteroatoms. The van der Waals surface area contributed by atoms with Crippen LogP contribution >= 0.6 is 0 Å². The van der Waals surface area contributed by atoms with Crippen LogP contribution in [-0.4, -0.2) is 33.8 Å². The summed E-state index contributed by atoms with van der Waals surface area (Å²) in [6.07, 6.45) is 0.0564. The van der Waals surface area contributed by atoms with Crippen LogP contribution in [0.25, 0.3) is 0 Å². The molecular weight excluding hydrogens is 246 g/mol. The van der Waals surface area contributed by atoms with Crippen LogP contribution in [0.4, 0.5) is 0 Å². The molecule has 1 N–H and O–H groups in total. The van der Waals surface area contributed by atoms with Gasteiger partial charge in [0.05, 0.1) is 11.1 Å². The molecule has 2 amide bonds. The van der Waals surface area contributed by atoms with Crippen molar-refractivity contribution in [3.63, 3.8) is 0 Å². The lowest BCUT2D eigenvalue weighted by Gasteiger charge is -2.22. The Labute approximate surface area is 110 Å². The molecule has 1 atom stereocenters. The van der Waals surface area contributed by atoms with Gasteiger partial charge >= 0.3 is 5.97 Å². The average molecular weight is 259 g/mol. The zero-order valence-electron chi connectivity index (χ0n) is 10.4. The third kappa shape index (κ3) is 2.14. The monoisotopic (exact) mass is 259 g/mol. The van der Waals surface area contributed by atoms with Gasteiger partial charge in [-0.15, -0.1) is 0 Å². The van der Waals surface area contributed by atoms with Crippen LogP contribution in [0.15, 0.2) is 36.4 Å². The molecule has 98 valence electrons. The van der Waals surface area contributed by atoms with Crippen molar-refractivity contribution in [3.8, 4) is 0 Å². The number of imide groups is 1. The maximum absolute atomic E-state index is 12.1. The molecule has 19 heavy (non-hydrogen) atoms. The number of hydrogen-bond acceptors (Lipinski definition) is 3.